The van der Waals surface area contributed by atoms with Crippen LogP contribution in [0.1, 0.15) is 27.9 Å². The minimum Gasteiger partial charge on any atom is -0.351 e. The summed E-state index contributed by atoms with van der Waals surface area (Å²) < 4.78 is 39.1. The number of nitrogens with zero attached hydrogens (tertiary/aromatic N) is 2. The number of primary amides is 1. The summed E-state index contributed by atoms with van der Waals surface area (Å²) in [5.41, 5.74) is 4.39. The van der Waals surface area contributed by atoms with Gasteiger partial charge in [-0.1, -0.05) is 0 Å². The maximum Gasteiger partial charge on any atom is 0.416 e. The number of halogens is 3. The first kappa shape index (κ1) is 24.0. The fourth-order valence-corrected chi connectivity index (χ4v) is 3.53. The number of alkyl halides is 3. The first-order chi connectivity index (χ1) is 15.6. The van der Waals surface area contributed by atoms with Crippen molar-refractivity contribution in [3.05, 3.63) is 59.4 Å². The van der Waals surface area contributed by atoms with Gasteiger partial charge >= 0.3 is 12.2 Å². The van der Waals surface area contributed by atoms with Crippen LogP contribution in [0.15, 0.2) is 42.7 Å². The first-order valence-electron chi connectivity index (χ1n) is 10.1. The molecule has 9 nitrogen and oxygen atoms in total. The van der Waals surface area contributed by atoms with Crippen LogP contribution >= 0.6 is 0 Å². The molecule has 5 N–H and O–H groups in total. The average Bonchev–Trinajstić information content (AvgIpc) is 3.18. The summed E-state index contributed by atoms with van der Waals surface area (Å²) in [4.78, 5) is 42.0. The number of nitrogens with one attached hydrogen (secondary N) is 3. The number of carbonyl (C=O) groups excluding carboxylic acids is 3. The molecule has 0 bridgehead atoms. The molecule has 1 aromatic carbocycles. The molecule has 1 atom stereocenters. The smallest absolute Gasteiger partial charge is 0.351 e. The third-order valence-electron chi connectivity index (χ3n) is 5.05. The van der Waals surface area contributed by atoms with Gasteiger partial charge in [-0.3, -0.25) is 19.5 Å². The number of benzene rings is 1. The van der Waals surface area contributed by atoms with Crippen molar-refractivity contribution in [2.45, 2.75) is 25.2 Å². The maximum atomic E-state index is 13.0. The number of anilines is 1. The van der Waals surface area contributed by atoms with Crippen molar-refractivity contribution in [3.63, 3.8) is 0 Å². The van der Waals surface area contributed by atoms with E-state index in [0.29, 0.717) is 18.7 Å². The fraction of sp³-hybridized carbons (Fsp3) is 0.333. The lowest BCUT2D eigenvalue weighted by molar-refractivity contribution is -0.137. The number of nitrogens with two attached hydrogens (primary N) is 1. The van der Waals surface area contributed by atoms with E-state index in [9.17, 15) is 27.6 Å². The van der Waals surface area contributed by atoms with Gasteiger partial charge in [0.25, 0.3) is 5.91 Å². The lowest BCUT2D eigenvalue weighted by atomic mass is 10.1. The molecule has 33 heavy (non-hydrogen) atoms. The molecule has 176 valence electrons. The van der Waals surface area contributed by atoms with E-state index in [0.717, 1.165) is 31.1 Å². The summed E-state index contributed by atoms with van der Waals surface area (Å²) in [7, 11) is 0. The average molecular weight is 464 g/mol. The van der Waals surface area contributed by atoms with Gasteiger partial charge < -0.3 is 21.7 Å². The number of urea groups is 1. The van der Waals surface area contributed by atoms with Gasteiger partial charge in [0.2, 0.25) is 5.91 Å². The quantitative estimate of drug-likeness (QED) is 0.496. The summed E-state index contributed by atoms with van der Waals surface area (Å²) in [6, 6.07) is 4.90. The molecule has 0 saturated carbocycles. The number of carbonyl (C=O) groups is 3. The Hall–Kier alpha value is -3.67. The third kappa shape index (κ3) is 6.91. The number of rotatable bonds is 7. The first-order valence-corrected chi connectivity index (χ1v) is 10.1. The molecule has 1 aromatic heterocycles. The van der Waals surface area contributed by atoms with Crippen LogP contribution in [0.3, 0.4) is 0 Å². The lowest BCUT2D eigenvalue weighted by Crippen LogP contribution is -2.43. The summed E-state index contributed by atoms with van der Waals surface area (Å²) in [5.74, 6) is -1.43. The molecule has 0 unspecified atom stereocenters. The van der Waals surface area contributed by atoms with Crippen LogP contribution in [0, 0.1) is 0 Å². The number of likely N-dealkylation sites (tertiary alicyclic amines) is 1. The van der Waals surface area contributed by atoms with Crippen LogP contribution in [-0.4, -0.2) is 53.4 Å². The third-order valence-corrected chi connectivity index (χ3v) is 5.05. The van der Waals surface area contributed by atoms with E-state index < -0.39 is 41.7 Å². The Morgan fingerprint density at radius 3 is 2.55 bits per heavy atom. The maximum absolute atomic E-state index is 13.0. The predicted octanol–water partition coefficient (Wildman–Crippen LogP) is 1.71. The van der Waals surface area contributed by atoms with Crippen LogP contribution in [-0.2, 0) is 17.5 Å². The minimum absolute atomic E-state index is 0.114. The van der Waals surface area contributed by atoms with Gasteiger partial charge in [0, 0.05) is 38.1 Å². The topological polar surface area (TPSA) is 129 Å². The largest absolute Gasteiger partial charge is 0.416 e. The summed E-state index contributed by atoms with van der Waals surface area (Å²) in [6.07, 6.45) is -0.544. The van der Waals surface area contributed by atoms with Crippen molar-refractivity contribution in [2.24, 2.45) is 5.73 Å². The van der Waals surface area contributed by atoms with E-state index in [1.165, 1.54) is 0 Å². The summed E-state index contributed by atoms with van der Waals surface area (Å²) in [5, 5.41) is 7.20. The lowest BCUT2D eigenvalue weighted by Gasteiger charge is -2.17. The van der Waals surface area contributed by atoms with E-state index in [1.54, 1.807) is 12.4 Å². The number of hydrogen-bond acceptors (Lipinski definition) is 5. The predicted molar refractivity (Wildman–Crippen MR) is 113 cm³/mol. The van der Waals surface area contributed by atoms with Gasteiger partial charge in [0.1, 0.15) is 0 Å². The second-order valence-corrected chi connectivity index (χ2v) is 7.57. The van der Waals surface area contributed by atoms with E-state index in [4.69, 9.17) is 5.73 Å². The Morgan fingerprint density at radius 2 is 1.88 bits per heavy atom. The zero-order valence-corrected chi connectivity index (χ0v) is 17.5. The van der Waals surface area contributed by atoms with Crippen LogP contribution < -0.4 is 21.7 Å². The molecule has 3 rings (SSSR count). The second kappa shape index (κ2) is 10.3. The van der Waals surface area contributed by atoms with Crippen LogP contribution in [0.25, 0.3) is 0 Å². The molecule has 2 aromatic rings. The highest BCUT2D eigenvalue weighted by Crippen LogP contribution is 2.31. The highest BCUT2D eigenvalue weighted by Gasteiger charge is 2.32. The molecule has 2 heterocycles. The normalized spacial score (nSPS) is 16.3. The van der Waals surface area contributed by atoms with Gasteiger partial charge in [-0.2, -0.15) is 13.2 Å². The van der Waals surface area contributed by atoms with Crippen molar-refractivity contribution >= 4 is 23.5 Å². The fourth-order valence-electron chi connectivity index (χ4n) is 3.53. The van der Waals surface area contributed by atoms with Crippen LogP contribution in [0.5, 0.6) is 0 Å². The molecule has 1 saturated heterocycles. The molecule has 0 aliphatic carbocycles. The number of aromatic nitrogens is 1. The Labute approximate surface area is 187 Å². The van der Waals surface area contributed by atoms with E-state index >= 15 is 0 Å². The van der Waals surface area contributed by atoms with E-state index in [-0.39, 0.29) is 11.7 Å². The van der Waals surface area contributed by atoms with Gasteiger partial charge in [0.15, 0.2) is 0 Å². The van der Waals surface area contributed by atoms with Gasteiger partial charge in [-0.05, 0) is 42.3 Å². The van der Waals surface area contributed by atoms with Crippen molar-refractivity contribution in [3.8, 4) is 0 Å². The van der Waals surface area contributed by atoms with Crippen molar-refractivity contribution in [1.82, 2.24) is 20.5 Å². The molecule has 4 amide bonds. The number of amides is 4. The standard InChI is InChI=1S/C21H23F3N6O3/c22-21(23,24)14-1-2-17(29-20(25)33)16(9-14)19(32)27-10-18(31)28-15-5-8-30(12-15)11-13-3-6-26-7-4-13/h1-4,6-7,9,15H,5,8,10-12H2,(H,27,32)(H,28,31)(H3,25,29,33)/t15-/m0/s1. The Bertz CT molecular complexity index is 1020. The molecule has 0 spiro atoms. The Morgan fingerprint density at radius 1 is 1.15 bits per heavy atom. The van der Waals surface area contributed by atoms with E-state index in [2.05, 4.69) is 25.8 Å². The summed E-state index contributed by atoms with van der Waals surface area (Å²) in [6.45, 7) is 1.69. The molecule has 1 fully saturated rings. The van der Waals surface area contributed by atoms with Crippen LogP contribution in [0.2, 0.25) is 0 Å². The zero-order chi connectivity index (χ0) is 24.0. The molecule has 1 aliphatic heterocycles. The molecule has 0 radical (unpaired) electrons. The van der Waals surface area contributed by atoms with Gasteiger partial charge in [0.05, 0.1) is 23.4 Å². The molecular formula is C21H23F3N6O3. The van der Waals surface area contributed by atoms with Crippen molar-refractivity contribution in [2.75, 3.05) is 25.0 Å². The monoisotopic (exact) mass is 464 g/mol. The highest BCUT2D eigenvalue weighted by molar-refractivity contribution is 6.04. The highest BCUT2D eigenvalue weighted by atomic mass is 19.4. The van der Waals surface area contributed by atoms with E-state index in [1.807, 2.05) is 12.1 Å². The molecular weight excluding hydrogens is 441 g/mol. The SMILES string of the molecule is NC(=O)Nc1ccc(C(F)(F)F)cc1C(=O)NCC(=O)N[C@H]1CCN(Cc2ccncc2)C1. The number of hydrogen-bond donors (Lipinski definition) is 4. The van der Waals surface area contributed by atoms with Crippen molar-refractivity contribution in [1.29, 1.82) is 0 Å². The Kier molecular flexibility index (Phi) is 7.48. The molecule has 1 aliphatic rings. The number of pyridine rings is 1. The summed E-state index contributed by atoms with van der Waals surface area (Å²) >= 11 is 0. The van der Waals surface area contributed by atoms with Crippen LogP contribution in [0.4, 0.5) is 23.7 Å². The minimum atomic E-state index is -4.69. The molecule has 12 heteroatoms. The van der Waals surface area contributed by atoms with Crippen molar-refractivity contribution < 1.29 is 27.6 Å². The van der Waals surface area contributed by atoms with Gasteiger partial charge in [-0.15, -0.1) is 0 Å². The Balaban J connectivity index is 1.55. The second-order valence-electron chi connectivity index (χ2n) is 7.57. The zero-order valence-electron chi connectivity index (χ0n) is 17.5. The van der Waals surface area contributed by atoms with Gasteiger partial charge in [-0.25, -0.2) is 4.79 Å².